The van der Waals surface area contributed by atoms with Crippen molar-refractivity contribution in [2.24, 2.45) is 23.7 Å². The van der Waals surface area contributed by atoms with Crippen molar-refractivity contribution < 1.29 is 89.9 Å². The normalized spacial score (nSPS) is 36.5. The number of rotatable bonds is 12. The van der Waals surface area contributed by atoms with Crippen molar-refractivity contribution in [1.82, 2.24) is 0 Å². The van der Waals surface area contributed by atoms with Crippen LogP contribution < -0.4 is 0 Å². The van der Waals surface area contributed by atoms with Crippen LogP contribution in [0, 0.1) is 23.7 Å². The average molecular weight is 781 g/mol. The van der Waals surface area contributed by atoms with Crippen molar-refractivity contribution in [3.63, 3.8) is 0 Å². The number of hydrogen-bond acceptors (Lipinski definition) is 16. The van der Waals surface area contributed by atoms with Gasteiger partial charge in [0.15, 0.2) is 12.6 Å². The Labute approximate surface area is 314 Å². The van der Waals surface area contributed by atoms with E-state index in [4.69, 9.17) is 61.3 Å². The summed E-state index contributed by atoms with van der Waals surface area (Å²) in [7, 11) is 0. The standard InChI is InChI=1S/2C12H18O3.2C6H12O6/c2*1-2-3-4-5-10-9(8-12(14)15)6-7-11(10)13;2*7-1-2-3(8)4(9)5(10)6(11)12-2/h2*3-4,9-10H,2,5-8H2,1H3,(H,14,15);2*2-11H,1H2/b4-3+;4-3-;;/t2*9-,10+;;/m00../s1. The number of aliphatic carboxylic acids is 2. The number of hydrogen-bond donors (Lipinski definition) is 12. The molecule has 10 unspecified atom stereocenters. The summed E-state index contributed by atoms with van der Waals surface area (Å²) < 4.78 is 9.15. The van der Waals surface area contributed by atoms with Gasteiger partial charge in [-0.3, -0.25) is 19.2 Å². The van der Waals surface area contributed by atoms with Gasteiger partial charge in [-0.25, -0.2) is 0 Å². The smallest absolute Gasteiger partial charge is 0.303 e. The Bertz CT molecular complexity index is 1090. The molecule has 0 amide bonds. The molecule has 0 aromatic heterocycles. The van der Waals surface area contributed by atoms with Crippen LogP contribution in [0.15, 0.2) is 24.3 Å². The van der Waals surface area contributed by atoms with Crippen LogP contribution in [0.3, 0.4) is 0 Å². The fourth-order valence-electron chi connectivity index (χ4n) is 6.52. The van der Waals surface area contributed by atoms with Gasteiger partial charge in [0.2, 0.25) is 0 Å². The van der Waals surface area contributed by atoms with Gasteiger partial charge < -0.3 is 70.8 Å². The Morgan fingerprint density at radius 3 is 1.19 bits per heavy atom. The summed E-state index contributed by atoms with van der Waals surface area (Å²) in [4.78, 5) is 44.3. The topological polar surface area (TPSA) is 330 Å². The maximum Gasteiger partial charge on any atom is 0.303 e. The maximum atomic E-state index is 11.5. The molecule has 0 spiro atoms. The minimum absolute atomic E-state index is 0.0519. The van der Waals surface area contributed by atoms with E-state index in [1.54, 1.807) is 0 Å². The molecule has 14 atom stereocenters. The summed E-state index contributed by atoms with van der Waals surface area (Å²) in [5, 5.41) is 107. The van der Waals surface area contributed by atoms with Crippen LogP contribution in [0.5, 0.6) is 0 Å². The Hall–Kier alpha value is -2.72. The van der Waals surface area contributed by atoms with Crippen LogP contribution in [0.2, 0.25) is 0 Å². The van der Waals surface area contributed by atoms with E-state index < -0.39 is 86.6 Å². The van der Waals surface area contributed by atoms with Gasteiger partial charge in [0, 0.05) is 37.5 Å². The summed E-state index contributed by atoms with van der Waals surface area (Å²) >= 11 is 0. The monoisotopic (exact) mass is 780 g/mol. The fourth-order valence-corrected chi connectivity index (χ4v) is 6.52. The number of carbonyl (C=O) groups excluding carboxylic acids is 2. The summed E-state index contributed by atoms with van der Waals surface area (Å²) in [6, 6.07) is 0. The van der Waals surface area contributed by atoms with Gasteiger partial charge in [-0.1, -0.05) is 38.2 Å². The predicted octanol–water partition coefficient (Wildman–Crippen LogP) is -1.62. The van der Waals surface area contributed by atoms with Crippen molar-refractivity contribution in [3.8, 4) is 0 Å². The zero-order valence-corrected chi connectivity index (χ0v) is 30.7. The van der Waals surface area contributed by atoms with Gasteiger partial charge in [0.1, 0.15) is 60.4 Å². The van der Waals surface area contributed by atoms with Crippen molar-refractivity contribution in [2.75, 3.05) is 13.2 Å². The first kappa shape index (κ1) is 49.3. The highest BCUT2D eigenvalue weighted by molar-refractivity contribution is 5.85. The fraction of sp³-hybridized carbons (Fsp3) is 0.778. The molecule has 4 fully saturated rings. The van der Waals surface area contributed by atoms with Crippen LogP contribution in [0.1, 0.15) is 78.1 Å². The number of carboxylic acid groups (broad SMARTS) is 2. The summed E-state index contributed by atoms with van der Waals surface area (Å²) in [6.07, 6.45) is 0.216. The minimum atomic E-state index is -1.57. The molecule has 18 nitrogen and oxygen atoms in total. The molecule has 18 heteroatoms. The number of ether oxygens (including phenoxy) is 2. The molecular formula is C36H60O18. The minimum Gasteiger partial charge on any atom is -0.481 e. The molecule has 0 aromatic carbocycles. The van der Waals surface area contributed by atoms with E-state index in [0.717, 1.165) is 25.7 Å². The van der Waals surface area contributed by atoms with Gasteiger partial charge >= 0.3 is 11.9 Å². The Morgan fingerprint density at radius 1 is 0.574 bits per heavy atom. The summed E-state index contributed by atoms with van der Waals surface area (Å²) in [5.74, 6) is -1.11. The number of Topliss-reactive ketones (excluding diaryl/α,β-unsaturated/α-hetero) is 2. The Kier molecular flexibility index (Phi) is 23.2. The van der Waals surface area contributed by atoms with Crippen molar-refractivity contribution in [2.45, 2.75) is 139 Å². The van der Waals surface area contributed by atoms with Gasteiger partial charge in [0.25, 0.3) is 0 Å². The van der Waals surface area contributed by atoms with E-state index in [1.165, 1.54) is 0 Å². The summed E-state index contributed by atoms with van der Waals surface area (Å²) in [6.45, 7) is 3.04. The SMILES string of the molecule is CC/C=C/C[C@H]1C(=O)CC[C@H]1CC(=O)O.CC/C=C\C[C@H]1C(=O)CC[C@H]1CC(=O)O.OCC1OC(O)C(O)C(O)C1O.OCC1OC(O)C(O)C(O)C1O. The highest BCUT2D eigenvalue weighted by Gasteiger charge is 2.43. The van der Waals surface area contributed by atoms with Crippen LogP contribution in [-0.2, 0) is 28.7 Å². The van der Waals surface area contributed by atoms with Crippen molar-refractivity contribution in [3.05, 3.63) is 24.3 Å². The molecule has 0 bridgehead atoms. The molecule has 312 valence electrons. The summed E-state index contributed by atoms with van der Waals surface area (Å²) in [5.41, 5.74) is 0. The predicted molar refractivity (Wildman–Crippen MR) is 187 cm³/mol. The second kappa shape index (κ2) is 25.4. The first-order valence-electron chi connectivity index (χ1n) is 18.2. The molecule has 0 radical (unpaired) electrons. The largest absolute Gasteiger partial charge is 0.481 e. The highest BCUT2D eigenvalue weighted by Crippen LogP contribution is 2.35. The lowest BCUT2D eigenvalue weighted by Crippen LogP contribution is -2.58. The maximum absolute atomic E-state index is 11.5. The van der Waals surface area contributed by atoms with E-state index in [9.17, 15) is 19.2 Å². The lowest BCUT2D eigenvalue weighted by Gasteiger charge is -2.37. The first-order valence-corrected chi connectivity index (χ1v) is 18.2. The van der Waals surface area contributed by atoms with E-state index in [2.05, 4.69) is 9.47 Å². The molecule has 0 aromatic rings. The number of allylic oxidation sites excluding steroid dienone is 4. The molecule has 2 aliphatic carbocycles. The number of aliphatic hydroxyl groups excluding tert-OH is 10. The number of aliphatic hydroxyl groups is 10. The van der Waals surface area contributed by atoms with Crippen molar-refractivity contribution in [1.29, 1.82) is 0 Å². The van der Waals surface area contributed by atoms with Gasteiger partial charge in [0.05, 0.1) is 13.2 Å². The number of carboxylic acids is 2. The highest BCUT2D eigenvalue weighted by atomic mass is 16.6. The van der Waals surface area contributed by atoms with Gasteiger partial charge in [-0.2, -0.15) is 0 Å². The second-order valence-electron chi connectivity index (χ2n) is 13.6. The lowest BCUT2D eigenvalue weighted by molar-refractivity contribution is -0.286. The molecule has 2 heterocycles. The van der Waals surface area contributed by atoms with Crippen LogP contribution in [-0.4, -0.2) is 159 Å². The van der Waals surface area contributed by atoms with Crippen LogP contribution >= 0.6 is 0 Å². The third-order valence-electron chi connectivity index (χ3n) is 9.68. The number of ketones is 2. The van der Waals surface area contributed by atoms with E-state index in [-0.39, 0.29) is 48.1 Å². The molecule has 2 aliphatic heterocycles. The first-order chi connectivity index (χ1) is 25.4. The molecule has 4 rings (SSSR count). The van der Waals surface area contributed by atoms with Gasteiger partial charge in [-0.05, 0) is 50.4 Å². The third kappa shape index (κ3) is 15.8. The molecule has 4 aliphatic rings. The van der Waals surface area contributed by atoms with E-state index in [1.807, 2.05) is 38.2 Å². The zero-order chi connectivity index (χ0) is 41.1. The molecule has 12 N–H and O–H groups in total. The van der Waals surface area contributed by atoms with E-state index >= 15 is 0 Å². The van der Waals surface area contributed by atoms with Crippen molar-refractivity contribution >= 4 is 23.5 Å². The van der Waals surface area contributed by atoms with Crippen LogP contribution in [0.25, 0.3) is 0 Å². The third-order valence-corrected chi connectivity index (χ3v) is 9.68. The molecule has 2 saturated carbocycles. The molecule has 2 saturated heterocycles. The quantitative estimate of drug-likeness (QED) is 0.0990. The number of carbonyl (C=O) groups is 4. The average Bonchev–Trinajstić information content (AvgIpc) is 3.65. The Balaban J connectivity index is 0.000000362. The zero-order valence-electron chi connectivity index (χ0n) is 30.7. The molecular weight excluding hydrogens is 720 g/mol. The van der Waals surface area contributed by atoms with E-state index in [0.29, 0.717) is 25.7 Å². The molecule has 54 heavy (non-hydrogen) atoms. The Morgan fingerprint density at radius 2 is 0.907 bits per heavy atom. The van der Waals surface area contributed by atoms with Gasteiger partial charge in [-0.15, -0.1) is 0 Å². The second-order valence-corrected chi connectivity index (χ2v) is 13.6. The lowest BCUT2D eigenvalue weighted by atomic mass is 9.89. The van der Waals surface area contributed by atoms with Crippen LogP contribution in [0.4, 0.5) is 0 Å².